The second-order valence-corrected chi connectivity index (χ2v) is 8.61. The number of carbonyl (C=O) groups is 1. The Labute approximate surface area is 167 Å². The number of carbonyl (C=O) groups excluding carboxylic acids is 1. The number of likely N-dealkylation sites (tertiary alicyclic amines) is 1. The number of piperidine rings is 1. The summed E-state index contributed by atoms with van der Waals surface area (Å²) in [7, 11) is -3.77. The second-order valence-electron chi connectivity index (χ2n) is 6.90. The van der Waals surface area contributed by atoms with E-state index in [2.05, 4.69) is 4.72 Å². The van der Waals surface area contributed by atoms with Gasteiger partial charge in [-0.2, -0.15) is 0 Å². The molecule has 0 atom stereocenters. The van der Waals surface area contributed by atoms with Crippen molar-refractivity contribution >= 4 is 21.6 Å². The zero-order valence-electron chi connectivity index (χ0n) is 15.7. The molecule has 10 heteroatoms. The number of benzene rings is 2. The van der Waals surface area contributed by atoms with Gasteiger partial charge in [-0.05, 0) is 56.2 Å². The number of nitrogens with one attached hydrogen (secondary N) is 1. The number of amides is 1. The van der Waals surface area contributed by atoms with Crippen LogP contribution in [0.4, 0.5) is 10.1 Å². The molecule has 2 aromatic rings. The number of hydrogen-bond acceptors (Lipinski definition) is 5. The largest absolute Gasteiger partial charge is 0.339 e. The van der Waals surface area contributed by atoms with E-state index in [1.165, 1.54) is 30.3 Å². The molecule has 8 nitrogen and oxygen atoms in total. The normalized spacial score (nSPS) is 15.3. The smallest absolute Gasteiger partial charge is 0.272 e. The highest BCUT2D eigenvalue weighted by atomic mass is 32.2. The standard InChI is InChI=1S/C19H20FN3O5S/c1-13-12-14(2-7-18(13)23(25)26)19(24)22-10-8-16(9-11-22)21-29(27,28)17-5-3-15(20)4-6-17/h2-7,12,16,21H,8-11H2,1H3. The van der Waals surface area contributed by atoms with Crippen molar-refractivity contribution in [3.8, 4) is 0 Å². The van der Waals surface area contributed by atoms with E-state index in [9.17, 15) is 27.7 Å². The van der Waals surface area contributed by atoms with Crippen LogP contribution in [0, 0.1) is 22.9 Å². The lowest BCUT2D eigenvalue weighted by atomic mass is 10.0. The lowest BCUT2D eigenvalue weighted by Crippen LogP contribution is -2.46. The quantitative estimate of drug-likeness (QED) is 0.590. The SMILES string of the molecule is Cc1cc(C(=O)N2CCC(NS(=O)(=O)c3ccc(F)cc3)CC2)ccc1[N+](=O)[O-]. The number of nitro benzene ring substituents is 1. The lowest BCUT2D eigenvalue weighted by molar-refractivity contribution is -0.385. The number of sulfonamides is 1. The van der Waals surface area contributed by atoms with E-state index < -0.39 is 20.8 Å². The van der Waals surface area contributed by atoms with E-state index in [1.807, 2.05) is 0 Å². The summed E-state index contributed by atoms with van der Waals surface area (Å²) in [6.07, 6.45) is 0.857. The van der Waals surface area contributed by atoms with E-state index in [0.29, 0.717) is 37.1 Å². The predicted molar refractivity (Wildman–Crippen MR) is 103 cm³/mol. The Morgan fingerprint density at radius 2 is 1.79 bits per heavy atom. The maximum absolute atomic E-state index is 13.0. The summed E-state index contributed by atoms with van der Waals surface area (Å²) >= 11 is 0. The predicted octanol–water partition coefficient (Wildman–Crippen LogP) is 2.63. The van der Waals surface area contributed by atoms with Gasteiger partial charge in [0.15, 0.2) is 0 Å². The molecule has 1 aliphatic heterocycles. The van der Waals surface area contributed by atoms with Crippen LogP contribution >= 0.6 is 0 Å². The van der Waals surface area contributed by atoms with Crippen molar-refractivity contribution in [2.24, 2.45) is 0 Å². The fraction of sp³-hybridized carbons (Fsp3) is 0.316. The molecule has 0 aliphatic carbocycles. The van der Waals surface area contributed by atoms with E-state index in [-0.39, 0.29) is 22.5 Å². The third-order valence-electron chi connectivity index (χ3n) is 4.87. The summed E-state index contributed by atoms with van der Waals surface area (Å²) in [4.78, 5) is 24.7. The van der Waals surface area contributed by atoms with Gasteiger partial charge in [0.25, 0.3) is 11.6 Å². The number of nitrogens with zero attached hydrogens (tertiary/aromatic N) is 2. The molecular formula is C19H20FN3O5S. The maximum Gasteiger partial charge on any atom is 0.272 e. The van der Waals surface area contributed by atoms with Gasteiger partial charge in [-0.25, -0.2) is 17.5 Å². The Morgan fingerprint density at radius 3 is 2.34 bits per heavy atom. The van der Waals surface area contributed by atoms with Crippen molar-refractivity contribution in [2.75, 3.05) is 13.1 Å². The van der Waals surface area contributed by atoms with Crippen LogP contribution in [0.2, 0.25) is 0 Å². The highest BCUT2D eigenvalue weighted by molar-refractivity contribution is 7.89. The summed E-state index contributed by atoms with van der Waals surface area (Å²) in [6, 6.07) is 8.46. The molecule has 0 unspecified atom stereocenters. The molecule has 2 aromatic carbocycles. The van der Waals surface area contributed by atoms with Crippen LogP contribution in [-0.4, -0.2) is 43.3 Å². The van der Waals surface area contributed by atoms with E-state index in [4.69, 9.17) is 0 Å². The summed E-state index contributed by atoms with van der Waals surface area (Å²) in [5.41, 5.74) is 0.719. The van der Waals surface area contributed by atoms with Crippen LogP contribution in [0.5, 0.6) is 0 Å². The summed E-state index contributed by atoms with van der Waals surface area (Å²) < 4.78 is 40.4. The minimum atomic E-state index is -3.77. The molecule has 1 amide bonds. The van der Waals surface area contributed by atoms with E-state index in [1.54, 1.807) is 11.8 Å². The van der Waals surface area contributed by atoms with E-state index >= 15 is 0 Å². The molecule has 0 radical (unpaired) electrons. The Morgan fingerprint density at radius 1 is 1.17 bits per heavy atom. The Balaban J connectivity index is 1.61. The Kier molecular flexibility index (Phi) is 5.94. The average Bonchev–Trinajstić information content (AvgIpc) is 2.67. The van der Waals surface area contributed by atoms with Gasteiger partial charge >= 0.3 is 0 Å². The maximum atomic E-state index is 13.0. The second kappa shape index (κ2) is 8.26. The number of rotatable bonds is 5. The average molecular weight is 421 g/mol. The third kappa shape index (κ3) is 4.77. The first-order chi connectivity index (χ1) is 13.7. The van der Waals surface area contributed by atoms with E-state index in [0.717, 1.165) is 12.1 Å². The highest BCUT2D eigenvalue weighted by Crippen LogP contribution is 2.22. The minimum Gasteiger partial charge on any atom is -0.339 e. The molecule has 1 saturated heterocycles. The molecule has 0 spiro atoms. The molecule has 29 heavy (non-hydrogen) atoms. The fourth-order valence-electron chi connectivity index (χ4n) is 3.28. The van der Waals surface area contributed by atoms with Gasteiger partial charge < -0.3 is 4.90 Å². The molecule has 1 fully saturated rings. The molecule has 3 rings (SSSR count). The molecule has 0 aromatic heterocycles. The molecule has 1 heterocycles. The summed E-state index contributed by atoms with van der Waals surface area (Å²) in [5.74, 6) is -0.764. The van der Waals surface area contributed by atoms with Crippen molar-refractivity contribution in [1.29, 1.82) is 0 Å². The lowest BCUT2D eigenvalue weighted by Gasteiger charge is -2.32. The van der Waals surface area contributed by atoms with Gasteiger partial charge in [0, 0.05) is 36.3 Å². The van der Waals surface area contributed by atoms with Gasteiger partial charge in [-0.15, -0.1) is 0 Å². The van der Waals surface area contributed by atoms with Gasteiger partial charge in [0.05, 0.1) is 9.82 Å². The van der Waals surface area contributed by atoms with Gasteiger partial charge in [0.1, 0.15) is 5.82 Å². The van der Waals surface area contributed by atoms with Crippen LogP contribution in [0.25, 0.3) is 0 Å². The molecular weight excluding hydrogens is 401 g/mol. The fourth-order valence-corrected chi connectivity index (χ4v) is 4.58. The molecule has 0 bridgehead atoms. The molecule has 154 valence electrons. The zero-order chi connectivity index (χ0) is 21.2. The molecule has 1 aliphatic rings. The Bertz CT molecular complexity index is 1030. The Hall–Kier alpha value is -2.85. The summed E-state index contributed by atoms with van der Waals surface area (Å²) in [5, 5.41) is 10.9. The van der Waals surface area contributed by atoms with Crippen molar-refractivity contribution in [3.05, 3.63) is 69.5 Å². The minimum absolute atomic E-state index is 0.0150. The van der Waals surface area contributed by atoms with Crippen LogP contribution in [0.1, 0.15) is 28.8 Å². The van der Waals surface area contributed by atoms with Gasteiger partial charge in [-0.1, -0.05) is 0 Å². The van der Waals surface area contributed by atoms with Crippen molar-refractivity contribution in [2.45, 2.75) is 30.7 Å². The summed E-state index contributed by atoms with van der Waals surface area (Å²) in [6.45, 7) is 2.28. The highest BCUT2D eigenvalue weighted by Gasteiger charge is 2.27. The van der Waals surface area contributed by atoms with Crippen molar-refractivity contribution in [3.63, 3.8) is 0 Å². The number of aryl methyl sites for hydroxylation is 1. The number of nitro groups is 1. The monoisotopic (exact) mass is 421 g/mol. The topological polar surface area (TPSA) is 110 Å². The van der Waals surface area contributed by atoms with Crippen LogP contribution in [0.3, 0.4) is 0 Å². The van der Waals surface area contributed by atoms with Gasteiger partial charge in [0.2, 0.25) is 10.0 Å². The van der Waals surface area contributed by atoms with Crippen molar-refractivity contribution in [1.82, 2.24) is 9.62 Å². The van der Waals surface area contributed by atoms with Crippen LogP contribution in [0.15, 0.2) is 47.4 Å². The zero-order valence-corrected chi connectivity index (χ0v) is 16.5. The van der Waals surface area contributed by atoms with Crippen LogP contribution in [-0.2, 0) is 10.0 Å². The first-order valence-electron chi connectivity index (χ1n) is 8.99. The first kappa shape index (κ1) is 20.9. The number of hydrogen-bond donors (Lipinski definition) is 1. The van der Waals surface area contributed by atoms with Gasteiger partial charge in [-0.3, -0.25) is 14.9 Å². The third-order valence-corrected chi connectivity index (χ3v) is 6.40. The number of halogens is 1. The molecule has 0 saturated carbocycles. The molecule has 1 N–H and O–H groups in total. The first-order valence-corrected chi connectivity index (χ1v) is 10.5. The van der Waals surface area contributed by atoms with Crippen LogP contribution < -0.4 is 4.72 Å². The van der Waals surface area contributed by atoms with Crippen molar-refractivity contribution < 1.29 is 22.5 Å².